The van der Waals surface area contributed by atoms with Gasteiger partial charge in [-0.3, -0.25) is 4.79 Å². The number of ether oxygens (including phenoxy) is 1. The Morgan fingerprint density at radius 2 is 2.00 bits per heavy atom. The fourth-order valence-electron chi connectivity index (χ4n) is 2.10. The van der Waals surface area contributed by atoms with Crippen molar-refractivity contribution in [2.45, 2.75) is 26.8 Å². The van der Waals surface area contributed by atoms with Crippen LogP contribution in [0.25, 0.3) is 0 Å². The molecular formula is C11H23N3O4S. The Morgan fingerprint density at radius 3 is 2.53 bits per heavy atom. The molecule has 1 rings (SSSR count). The molecule has 0 aromatic heterocycles. The van der Waals surface area contributed by atoms with E-state index in [9.17, 15) is 13.2 Å². The van der Waals surface area contributed by atoms with Crippen LogP contribution in [0.5, 0.6) is 0 Å². The van der Waals surface area contributed by atoms with E-state index in [1.165, 1.54) is 8.61 Å². The van der Waals surface area contributed by atoms with Crippen LogP contribution in [0.1, 0.15) is 20.8 Å². The second kappa shape index (κ2) is 7.18. The number of hydrogen-bond acceptors (Lipinski definition) is 5. The van der Waals surface area contributed by atoms with Gasteiger partial charge in [0.1, 0.15) is 6.04 Å². The Hall–Kier alpha value is -0.700. The summed E-state index contributed by atoms with van der Waals surface area (Å²) in [5.41, 5.74) is 0. The molecule has 0 aliphatic carbocycles. The van der Waals surface area contributed by atoms with Gasteiger partial charge in [-0.05, 0) is 6.92 Å². The Balaban J connectivity index is 2.96. The maximum Gasteiger partial charge on any atom is 0.325 e. The molecule has 7 nitrogen and oxygen atoms in total. The summed E-state index contributed by atoms with van der Waals surface area (Å²) in [7, 11) is -3.61. The summed E-state index contributed by atoms with van der Waals surface area (Å²) in [6.45, 7) is 7.39. The monoisotopic (exact) mass is 293 g/mol. The van der Waals surface area contributed by atoms with Gasteiger partial charge in [-0.25, -0.2) is 0 Å². The van der Waals surface area contributed by atoms with Gasteiger partial charge in [-0.1, -0.05) is 13.8 Å². The van der Waals surface area contributed by atoms with Gasteiger partial charge in [0.05, 0.1) is 6.61 Å². The average Bonchev–Trinajstić information content (AvgIpc) is 2.40. The van der Waals surface area contributed by atoms with Crippen LogP contribution in [0, 0.1) is 0 Å². The summed E-state index contributed by atoms with van der Waals surface area (Å²) in [6, 6.07) is -0.778. The molecular weight excluding hydrogens is 270 g/mol. The fraction of sp³-hybridized carbons (Fsp3) is 0.909. The van der Waals surface area contributed by atoms with Gasteiger partial charge >= 0.3 is 5.97 Å². The minimum Gasteiger partial charge on any atom is -0.465 e. The first-order chi connectivity index (χ1) is 8.98. The van der Waals surface area contributed by atoms with Crippen molar-refractivity contribution in [1.82, 2.24) is 13.9 Å². The van der Waals surface area contributed by atoms with Gasteiger partial charge in [0.25, 0.3) is 10.2 Å². The molecule has 1 heterocycles. The Labute approximate surface area is 115 Å². The van der Waals surface area contributed by atoms with Crippen LogP contribution in [0.15, 0.2) is 0 Å². The molecule has 0 amide bonds. The SMILES string of the molecule is CCOC(=O)C1CNCCN1S(=O)(=O)N(CC)CC. The topological polar surface area (TPSA) is 79.0 Å². The zero-order chi connectivity index (χ0) is 14.5. The van der Waals surface area contributed by atoms with Crippen LogP contribution >= 0.6 is 0 Å². The van der Waals surface area contributed by atoms with E-state index in [0.29, 0.717) is 26.2 Å². The van der Waals surface area contributed by atoms with E-state index in [1.807, 2.05) is 0 Å². The van der Waals surface area contributed by atoms with Crippen LogP contribution < -0.4 is 5.32 Å². The van der Waals surface area contributed by atoms with Crippen LogP contribution in [0.2, 0.25) is 0 Å². The molecule has 0 spiro atoms. The highest BCUT2D eigenvalue weighted by atomic mass is 32.2. The van der Waals surface area contributed by atoms with E-state index in [-0.39, 0.29) is 13.2 Å². The summed E-state index contributed by atoms with van der Waals surface area (Å²) < 4.78 is 32.5. The highest BCUT2D eigenvalue weighted by Crippen LogP contribution is 2.15. The molecule has 0 aromatic carbocycles. The van der Waals surface area contributed by atoms with E-state index in [4.69, 9.17) is 4.74 Å². The predicted octanol–water partition coefficient (Wildman–Crippen LogP) is -0.590. The van der Waals surface area contributed by atoms with Crippen LogP contribution in [-0.4, -0.2) is 68.4 Å². The van der Waals surface area contributed by atoms with E-state index >= 15 is 0 Å². The van der Waals surface area contributed by atoms with E-state index in [2.05, 4.69) is 5.32 Å². The minimum absolute atomic E-state index is 0.245. The number of carbonyl (C=O) groups excluding carboxylic acids is 1. The minimum atomic E-state index is -3.61. The summed E-state index contributed by atoms with van der Waals surface area (Å²) in [5, 5.41) is 3.03. The Bertz CT molecular complexity index is 395. The van der Waals surface area contributed by atoms with E-state index in [1.54, 1.807) is 20.8 Å². The van der Waals surface area contributed by atoms with Crippen molar-refractivity contribution in [3.8, 4) is 0 Å². The van der Waals surface area contributed by atoms with Crippen molar-refractivity contribution in [3.05, 3.63) is 0 Å². The molecule has 1 N–H and O–H groups in total. The standard InChI is InChI=1S/C11H23N3O4S/c1-4-13(5-2)19(16,17)14-8-7-12-9-10(14)11(15)18-6-3/h10,12H,4-9H2,1-3H3. The second-order valence-electron chi connectivity index (χ2n) is 4.17. The fourth-order valence-corrected chi connectivity index (χ4v) is 3.85. The number of rotatable bonds is 6. The molecule has 112 valence electrons. The molecule has 8 heteroatoms. The Kier molecular flexibility index (Phi) is 6.18. The number of esters is 1. The van der Waals surface area contributed by atoms with E-state index < -0.39 is 22.2 Å². The van der Waals surface area contributed by atoms with Gasteiger partial charge in [0, 0.05) is 32.7 Å². The molecule has 0 bridgehead atoms. The normalized spacial score (nSPS) is 21.6. The summed E-state index contributed by atoms with van der Waals surface area (Å²) in [5.74, 6) is -0.495. The van der Waals surface area contributed by atoms with Gasteiger partial charge < -0.3 is 10.1 Å². The van der Waals surface area contributed by atoms with Gasteiger partial charge in [-0.2, -0.15) is 17.0 Å². The maximum atomic E-state index is 12.5. The molecule has 1 saturated heterocycles. The molecule has 0 aromatic rings. The summed E-state index contributed by atoms with van der Waals surface area (Å²) in [6.07, 6.45) is 0. The zero-order valence-electron chi connectivity index (χ0n) is 11.8. The van der Waals surface area contributed by atoms with Crippen molar-refractivity contribution in [3.63, 3.8) is 0 Å². The Morgan fingerprint density at radius 1 is 1.37 bits per heavy atom. The zero-order valence-corrected chi connectivity index (χ0v) is 12.6. The number of hydrogen-bond donors (Lipinski definition) is 1. The van der Waals surface area contributed by atoms with Crippen molar-refractivity contribution in [2.24, 2.45) is 0 Å². The van der Waals surface area contributed by atoms with Gasteiger partial charge in [0.2, 0.25) is 0 Å². The smallest absolute Gasteiger partial charge is 0.325 e. The quantitative estimate of drug-likeness (QED) is 0.662. The lowest BCUT2D eigenvalue weighted by atomic mass is 10.2. The average molecular weight is 293 g/mol. The third-order valence-electron chi connectivity index (χ3n) is 3.08. The van der Waals surface area contributed by atoms with Crippen molar-refractivity contribution >= 4 is 16.2 Å². The number of carbonyl (C=O) groups is 1. The first-order valence-corrected chi connectivity index (χ1v) is 8.02. The third kappa shape index (κ3) is 3.65. The largest absolute Gasteiger partial charge is 0.465 e. The molecule has 1 unspecified atom stereocenters. The third-order valence-corrected chi connectivity index (χ3v) is 5.28. The molecule has 1 atom stereocenters. The van der Waals surface area contributed by atoms with Crippen LogP contribution in [-0.2, 0) is 19.7 Å². The number of piperazine rings is 1. The van der Waals surface area contributed by atoms with Gasteiger partial charge in [-0.15, -0.1) is 0 Å². The van der Waals surface area contributed by atoms with Crippen molar-refractivity contribution in [2.75, 3.05) is 39.3 Å². The van der Waals surface area contributed by atoms with Gasteiger partial charge in [0.15, 0.2) is 0 Å². The number of nitrogens with zero attached hydrogens (tertiary/aromatic N) is 2. The van der Waals surface area contributed by atoms with E-state index in [0.717, 1.165) is 0 Å². The molecule has 1 fully saturated rings. The van der Waals surface area contributed by atoms with Crippen LogP contribution in [0.4, 0.5) is 0 Å². The lowest BCUT2D eigenvalue weighted by Crippen LogP contribution is -2.60. The summed E-state index contributed by atoms with van der Waals surface area (Å²) in [4.78, 5) is 11.9. The lowest BCUT2D eigenvalue weighted by molar-refractivity contribution is -0.148. The van der Waals surface area contributed by atoms with Crippen molar-refractivity contribution < 1.29 is 17.9 Å². The number of nitrogens with one attached hydrogen (secondary N) is 1. The molecule has 0 radical (unpaired) electrons. The highest BCUT2D eigenvalue weighted by Gasteiger charge is 2.39. The lowest BCUT2D eigenvalue weighted by Gasteiger charge is -2.36. The second-order valence-corrected chi connectivity index (χ2v) is 6.06. The van der Waals surface area contributed by atoms with Crippen molar-refractivity contribution in [1.29, 1.82) is 0 Å². The first kappa shape index (κ1) is 16.4. The maximum absolute atomic E-state index is 12.5. The molecule has 19 heavy (non-hydrogen) atoms. The molecule has 0 saturated carbocycles. The van der Waals surface area contributed by atoms with Crippen LogP contribution in [0.3, 0.4) is 0 Å². The summed E-state index contributed by atoms with van der Waals surface area (Å²) >= 11 is 0. The molecule has 1 aliphatic rings. The molecule has 1 aliphatic heterocycles. The predicted molar refractivity (Wildman–Crippen MR) is 71.8 cm³/mol. The highest BCUT2D eigenvalue weighted by molar-refractivity contribution is 7.86. The first-order valence-electron chi connectivity index (χ1n) is 6.63.